The standard InChI is InChI=1S/C19H24N2O5/c1-5-16-20-13(2)12-17(22)21(16)10-11-25-14-6-8-15(9-7-14)26-19(3,4)18(23)24/h6-9,12H,5,10-11H2,1-4H3,(H,23,24). The van der Waals surface area contributed by atoms with Crippen molar-refractivity contribution in [3.05, 3.63) is 52.2 Å². The summed E-state index contributed by atoms with van der Waals surface area (Å²) in [6.45, 7) is 7.45. The third-order valence-electron chi connectivity index (χ3n) is 3.83. The fourth-order valence-corrected chi connectivity index (χ4v) is 2.39. The van der Waals surface area contributed by atoms with Gasteiger partial charge in [-0.05, 0) is 45.0 Å². The highest BCUT2D eigenvalue weighted by molar-refractivity contribution is 5.76. The minimum absolute atomic E-state index is 0.0856. The van der Waals surface area contributed by atoms with Crippen LogP contribution in [0.4, 0.5) is 0 Å². The van der Waals surface area contributed by atoms with Gasteiger partial charge in [0.25, 0.3) is 5.56 Å². The van der Waals surface area contributed by atoms with Crippen LogP contribution in [0.1, 0.15) is 32.3 Å². The highest BCUT2D eigenvalue weighted by Gasteiger charge is 2.29. The molecule has 0 saturated carbocycles. The molecule has 0 saturated heterocycles. The van der Waals surface area contributed by atoms with Crippen LogP contribution in [0.3, 0.4) is 0 Å². The van der Waals surface area contributed by atoms with E-state index < -0.39 is 11.6 Å². The number of carboxylic acid groups (broad SMARTS) is 1. The molecule has 0 aliphatic carbocycles. The van der Waals surface area contributed by atoms with Crippen molar-refractivity contribution in [3.63, 3.8) is 0 Å². The fraction of sp³-hybridized carbons (Fsp3) is 0.421. The largest absolute Gasteiger partial charge is 0.492 e. The van der Waals surface area contributed by atoms with E-state index in [0.717, 1.165) is 5.82 Å². The SMILES string of the molecule is CCc1nc(C)cc(=O)n1CCOc1ccc(OC(C)(C)C(=O)O)cc1. The number of carboxylic acids is 1. The summed E-state index contributed by atoms with van der Waals surface area (Å²) in [5, 5.41) is 9.08. The predicted octanol–water partition coefficient (Wildman–Crippen LogP) is 2.44. The number of aromatic nitrogens is 2. The van der Waals surface area contributed by atoms with Crippen molar-refractivity contribution in [2.75, 3.05) is 6.61 Å². The molecule has 140 valence electrons. The molecular formula is C19H24N2O5. The third kappa shape index (κ3) is 4.84. The van der Waals surface area contributed by atoms with Crippen molar-refractivity contribution >= 4 is 5.97 Å². The summed E-state index contributed by atoms with van der Waals surface area (Å²) in [6, 6.07) is 8.21. The first-order valence-corrected chi connectivity index (χ1v) is 8.45. The molecule has 0 aliphatic rings. The van der Waals surface area contributed by atoms with Crippen molar-refractivity contribution in [2.24, 2.45) is 0 Å². The van der Waals surface area contributed by atoms with Crippen molar-refractivity contribution in [1.29, 1.82) is 0 Å². The van der Waals surface area contributed by atoms with E-state index in [1.54, 1.807) is 35.8 Å². The maximum atomic E-state index is 12.1. The number of rotatable bonds is 8. The second-order valence-corrected chi connectivity index (χ2v) is 6.39. The molecule has 0 radical (unpaired) electrons. The molecule has 7 heteroatoms. The van der Waals surface area contributed by atoms with Crippen molar-refractivity contribution in [3.8, 4) is 11.5 Å². The number of carbonyl (C=O) groups is 1. The maximum absolute atomic E-state index is 12.1. The Morgan fingerprint density at radius 1 is 1.23 bits per heavy atom. The number of aryl methyl sites for hydroxylation is 2. The Hall–Kier alpha value is -2.83. The number of hydrogen-bond acceptors (Lipinski definition) is 5. The summed E-state index contributed by atoms with van der Waals surface area (Å²) in [5.41, 5.74) is -0.681. The molecule has 1 heterocycles. The molecule has 0 atom stereocenters. The first-order valence-electron chi connectivity index (χ1n) is 8.45. The first-order chi connectivity index (χ1) is 12.2. The van der Waals surface area contributed by atoms with Gasteiger partial charge in [0.05, 0.1) is 6.54 Å². The zero-order chi connectivity index (χ0) is 19.3. The highest BCUT2D eigenvalue weighted by Crippen LogP contribution is 2.22. The lowest BCUT2D eigenvalue weighted by molar-refractivity contribution is -0.152. The van der Waals surface area contributed by atoms with Gasteiger partial charge >= 0.3 is 5.97 Å². The van der Waals surface area contributed by atoms with Gasteiger partial charge in [-0.25, -0.2) is 9.78 Å². The van der Waals surface area contributed by atoms with Crippen LogP contribution in [0, 0.1) is 6.92 Å². The van der Waals surface area contributed by atoms with E-state index in [1.165, 1.54) is 19.9 Å². The average Bonchev–Trinajstić information content (AvgIpc) is 2.57. The Labute approximate surface area is 152 Å². The van der Waals surface area contributed by atoms with E-state index >= 15 is 0 Å². The van der Waals surface area contributed by atoms with E-state index in [4.69, 9.17) is 14.6 Å². The van der Waals surface area contributed by atoms with Crippen LogP contribution < -0.4 is 15.0 Å². The van der Waals surface area contributed by atoms with Crippen molar-refractivity contribution in [1.82, 2.24) is 9.55 Å². The molecular weight excluding hydrogens is 336 g/mol. The topological polar surface area (TPSA) is 90.7 Å². The van der Waals surface area contributed by atoms with Crippen LogP contribution in [0.2, 0.25) is 0 Å². The molecule has 0 spiro atoms. The first kappa shape index (κ1) is 19.5. The summed E-state index contributed by atoms with van der Waals surface area (Å²) in [4.78, 5) is 27.6. The Bertz CT molecular complexity index is 825. The van der Waals surface area contributed by atoms with Crippen molar-refractivity contribution < 1.29 is 19.4 Å². The van der Waals surface area contributed by atoms with Gasteiger partial charge in [0.2, 0.25) is 0 Å². The van der Waals surface area contributed by atoms with Gasteiger partial charge in [-0.1, -0.05) is 6.92 Å². The number of ether oxygens (including phenoxy) is 2. The van der Waals surface area contributed by atoms with Crippen molar-refractivity contribution in [2.45, 2.75) is 46.3 Å². The van der Waals surface area contributed by atoms with Gasteiger partial charge in [0, 0.05) is 18.2 Å². The zero-order valence-corrected chi connectivity index (χ0v) is 15.5. The molecule has 1 aromatic carbocycles. The normalized spacial score (nSPS) is 11.2. The lowest BCUT2D eigenvalue weighted by Gasteiger charge is -2.21. The molecule has 0 aliphatic heterocycles. The summed E-state index contributed by atoms with van der Waals surface area (Å²) in [6.07, 6.45) is 0.669. The molecule has 26 heavy (non-hydrogen) atoms. The molecule has 1 aromatic heterocycles. The lowest BCUT2D eigenvalue weighted by Crippen LogP contribution is -2.37. The summed E-state index contributed by atoms with van der Waals surface area (Å²) < 4.78 is 12.7. The van der Waals surface area contributed by atoms with E-state index in [1.807, 2.05) is 6.92 Å². The maximum Gasteiger partial charge on any atom is 0.347 e. The van der Waals surface area contributed by atoms with Gasteiger partial charge in [-0.15, -0.1) is 0 Å². The molecule has 1 N–H and O–H groups in total. The molecule has 0 fully saturated rings. The quantitative estimate of drug-likeness (QED) is 0.777. The van der Waals surface area contributed by atoms with Crippen LogP contribution in [0.5, 0.6) is 11.5 Å². The Balaban J connectivity index is 1.97. The number of hydrogen-bond donors (Lipinski definition) is 1. The number of benzene rings is 1. The van der Waals surface area contributed by atoms with Gasteiger partial charge in [0.15, 0.2) is 5.60 Å². The number of aliphatic carboxylic acids is 1. The average molecular weight is 360 g/mol. The van der Waals surface area contributed by atoms with Crippen LogP contribution in [-0.2, 0) is 17.8 Å². The summed E-state index contributed by atoms with van der Waals surface area (Å²) in [5.74, 6) is 0.744. The van der Waals surface area contributed by atoms with E-state index in [0.29, 0.717) is 36.8 Å². The van der Waals surface area contributed by atoms with Gasteiger partial charge in [-0.3, -0.25) is 9.36 Å². The molecule has 2 aromatic rings. The van der Waals surface area contributed by atoms with Gasteiger partial charge < -0.3 is 14.6 Å². The minimum Gasteiger partial charge on any atom is -0.492 e. The monoisotopic (exact) mass is 360 g/mol. The molecule has 0 bridgehead atoms. The van der Waals surface area contributed by atoms with Crippen LogP contribution >= 0.6 is 0 Å². The predicted molar refractivity (Wildman–Crippen MR) is 96.9 cm³/mol. The van der Waals surface area contributed by atoms with Crippen LogP contribution in [0.15, 0.2) is 35.1 Å². The van der Waals surface area contributed by atoms with E-state index in [-0.39, 0.29) is 5.56 Å². The summed E-state index contributed by atoms with van der Waals surface area (Å²) in [7, 11) is 0. The minimum atomic E-state index is -1.31. The Morgan fingerprint density at radius 3 is 2.42 bits per heavy atom. The third-order valence-corrected chi connectivity index (χ3v) is 3.83. The molecule has 2 rings (SSSR count). The number of nitrogens with zero attached hydrogens (tertiary/aromatic N) is 2. The fourth-order valence-electron chi connectivity index (χ4n) is 2.39. The molecule has 7 nitrogen and oxygen atoms in total. The van der Waals surface area contributed by atoms with E-state index in [2.05, 4.69) is 4.98 Å². The Kier molecular flexibility index (Phi) is 6.02. The Morgan fingerprint density at radius 2 is 1.85 bits per heavy atom. The second-order valence-electron chi connectivity index (χ2n) is 6.39. The van der Waals surface area contributed by atoms with Gasteiger partial charge in [0.1, 0.15) is 23.9 Å². The molecule has 0 unspecified atom stereocenters. The van der Waals surface area contributed by atoms with Crippen LogP contribution in [0.25, 0.3) is 0 Å². The van der Waals surface area contributed by atoms with Gasteiger partial charge in [-0.2, -0.15) is 0 Å². The lowest BCUT2D eigenvalue weighted by atomic mass is 10.1. The summed E-state index contributed by atoms with van der Waals surface area (Å²) >= 11 is 0. The second kappa shape index (κ2) is 8.03. The van der Waals surface area contributed by atoms with E-state index in [9.17, 15) is 9.59 Å². The highest BCUT2D eigenvalue weighted by atomic mass is 16.5. The zero-order valence-electron chi connectivity index (χ0n) is 15.5. The molecule has 0 amide bonds. The van der Waals surface area contributed by atoms with Crippen LogP contribution in [-0.4, -0.2) is 32.8 Å². The smallest absolute Gasteiger partial charge is 0.347 e.